The van der Waals surface area contributed by atoms with E-state index in [0.717, 1.165) is 36.1 Å². The lowest BCUT2D eigenvalue weighted by atomic mass is 9.95. The van der Waals surface area contributed by atoms with E-state index in [4.69, 9.17) is 5.26 Å². The predicted molar refractivity (Wildman–Crippen MR) is 73.8 cm³/mol. The average molecular weight is 253 g/mol. The van der Waals surface area contributed by atoms with E-state index in [1.807, 2.05) is 0 Å². The van der Waals surface area contributed by atoms with Gasteiger partial charge in [-0.3, -0.25) is 0 Å². The lowest BCUT2D eigenvalue weighted by Crippen LogP contribution is -2.27. The van der Waals surface area contributed by atoms with Crippen molar-refractivity contribution in [3.05, 3.63) is 22.9 Å². The maximum Gasteiger partial charge on any atom is 0.129 e. The molecule has 0 radical (unpaired) electrons. The Morgan fingerprint density at radius 1 is 1.21 bits per heavy atom. The van der Waals surface area contributed by atoms with Gasteiger partial charge in [-0.1, -0.05) is 6.42 Å². The number of hydrogen-bond donors (Lipinski definition) is 1. The van der Waals surface area contributed by atoms with E-state index in [2.05, 4.69) is 16.4 Å². The number of hydrogen-bond acceptors (Lipinski definition) is 3. The summed E-state index contributed by atoms with van der Waals surface area (Å²) in [7, 11) is 0. The molecule has 0 saturated heterocycles. The van der Waals surface area contributed by atoms with E-state index < -0.39 is 0 Å². The van der Waals surface area contributed by atoms with Crippen LogP contribution in [0, 0.1) is 23.2 Å². The van der Waals surface area contributed by atoms with E-state index in [1.165, 1.54) is 43.2 Å². The molecule has 4 rings (SSSR count). The summed E-state index contributed by atoms with van der Waals surface area (Å²) >= 11 is 0. The summed E-state index contributed by atoms with van der Waals surface area (Å²) in [5.74, 6) is 2.89. The summed E-state index contributed by atoms with van der Waals surface area (Å²) in [5.41, 5.74) is 3.36. The number of nitriles is 1. The first-order chi connectivity index (χ1) is 9.35. The van der Waals surface area contributed by atoms with Gasteiger partial charge in [-0.15, -0.1) is 0 Å². The molecule has 0 aromatic carbocycles. The molecule has 19 heavy (non-hydrogen) atoms. The summed E-state index contributed by atoms with van der Waals surface area (Å²) in [6.07, 6.45) is 10.6. The Morgan fingerprint density at radius 3 is 2.84 bits per heavy atom. The molecule has 3 aliphatic carbocycles. The van der Waals surface area contributed by atoms with E-state index in [0.29, 0.717) is 6.04 Å². The van der Waals surface area contributed by atoms with Gasteiger partial charge < -0.3 is 5.32 Å². The minimum atomic E-state index is 0.629. The zero-order chi connectivity index (χ0) is 12.8. The van der Waals surface area contributed by atoms with Crippen molar-refractivity contribution >= 4 is 5.82 Å². The maximum atomic E-state index is 9.15. The molecule has 3 aliphatic rings. The fourth-order valence-corrected chi connectivity index (χ4v) is 4.41. The third kappa shape index (κ3) is 1.74. The molecule has 1 heterocycles. The van der Waals surface area contributed by atoms with Crippen molar-refractivity contribution in [2.75, 3.05) is 5.32 Å². The van der Waals surface area contributed by atoms with Crippen LogP contribution in [0.25, 0.3) is 0 Å². The van der Waals surface area contributed by atoms with Crippen LogP contribution in [0.5, 0.6) is 0 Å². The van der Waals surface area contributed by atoms with Gasteiger partial charge in [0.2, 0.25) is 0 Å². The Morgan fingerprint density at radius 2 is 2.11 bits per heavy atom. The van der Waals surface area contributed by atoms with Crippen molar-refractivity contribution in [2.45, 2.75) is 51.0 Å². The van der Waals surface area contributed by atoms with Gasteiger partial charge in [-0.05, 0) is 61.5 Å². The van der Waals surface area contributed by atoms with Crippen molar-refractivity contribution < 1.29 is 0 Å². The van der Waals surface area contributed by atoms with Crippen LogP contribution in [0.3, 0.4) is 0 Å². The van der Waals surface area contributed by atoms with Crippen LogP contribution < -0.4 is 5.32 Å². The van der Waals surface area contributed by atoms with Gasteiger partial charge in [-0.25, -0.2) is 4.98 Å². The Bertz CT molecular complexity index is 558. The van der Waals surface area contributed by atoms with Crippen molar-refractivity contribution in [1.82, 2.24) is 4.98 Å². The second kappa shape index (κ2) is 4.23. The quantitative estimate of drug-likeness (QED) is 0.881. The van der Waals surface area contributed by atoms with Crippen molar-refractivity contribution in [1.29, 1.82) is 5.26 Å². The summed E-state index contributed by atoms with van der Waals surface area (Å²) in [4.78, 5) is 4.53. The maximum absolute atomic E-state index is 9.15. The normalized spacial score (nSPS) is 31.2. The van der Waals surface area contributed by atoms with Gasteiger partial charge >= 0.3 is 0 Å². The zero-order valence-corrected chi connectivity index (χ0v) is 11.2. The van der Waals surface area contributed by atoms with Crippen LogP contribution in [-0.2, 0) is 12.8 Å². The van der Waals surface area contributed by atoms with E-state index >= 15 is 0 Å². The molecule has 1 aromatic rings. The highest BCUT2D eigenvalue weighted by atomic mass is 15.0. The molecule has 0 aliphatic heterocycles. The SMILES string of the molecule is N#Cc1cnc(N[C@@H]2C[C@H]3CC[C@@H]2C3)c2c1CCC2. The number of rotatable bonds is 2. The zero-order valence-electron chi connectivity index (χ0n) is 11.2. The molecule has 3 nitrogen and oxygen atoms in total. The molecule has 1 N–H and O–H groups in total. The van der Waals surface area contributed by atoms with Gasteiger partial charge in [0.1, 0.15) is 11.9 Å². The van der Waals surface area contributed by atoms with Crippen LogP contribution in [0.15, 0.2) is 6.20 Å². The van der Waals surface area contributed by atoms with E-state index in [9.17, 15) is 0 Å². The largest absolute Gasteiger partial charge is 0.367 e. The lowest BCUT2D eigenvalue weighted by molar-refractivity contribution is 0.438. The summed E-state index contributed by atoms with van der Waals surface area (Å²) in [5, 5.41) is 12.9. The fraction of sp³-hybridized carbons (Fsp3) is 0.625. The van der Waals surface area contributed by atoms with E-state index in [1.54, 1.807) is 6.20 Å². The van der Waals surface area contributed by atoms with Crippen LogP contribution >= 0.6 is 0 Å². The molecule has 98 valence electrons. The molecule has 0 spiro atoms. The average Bonchev–Trinajstić information content (AvgIpc) is 3.14. The number of pyridine rings is 1. The molecular weight excluding hydrogens is 234 g/mol. The molecule has 2 fully saturated rings. The van der Waals surface area contributed by atoms with Crippen molar-refractivity contribution in [3.8, 4) is 6.07 Å². The highest BCUT2D eigenvalue weighted by Gasteiger charge is 2.40. The monoisotopic (exact) mass is 253 g/mol. The number of aromatic nitrogens is 1. The molecular formula is C16H19N3. The summed E-state index contributed by atoms with van der Waals surface area (Å²) < 4.78 is 0. The van der Waals surface area contributed by atoms with Gasteiger partial charge in [0.05, 0.1) is 5.56 Å². The van der Waals surface area contributed by atoms with Crippen LogP contribution in [0.2, 0.25) is 0 Å². The van der Waals surface area contributed by atoms with E-state index in [-0.39, 0.29) is 0 Å². The molecule has 0 amide bonds. The predicted octanol–water partition coefficient (Wildman–Crippen LogP) is 3.04. The highest BCUT2D eigenvalue weighted by Crippen LogP contribution is 2.46. The Labute approximate surface area is 114 Å². The number of anilines is 1. The van der Waals surface area contributed by atoms with Crippen LogP contribution in [0.1, 0.15) is 48.8 Å². The third-order valence-electron chi connectivity index (χ3n) is 5.33. The van der Waals surface area contributed by atoms with Crippen LogP contribution in [-0.4, -0.2) is 11.0 Å². The number of fused-ring (bicyclic) bond motifs is 3. The van der Waals surface area contributed by atoms with Gasteiger partial charge in [0, 0.05) is 12.2 Å². The van der Waals surface area contributed by atoms with Crippen molar-refractivity contribution in [2.24, 2.45) is 11.8 Å². The minimum absolute atomic E-state index is 0.629. The smallest absolute Gasteiger partial charge is 0.129 e. The Hall–Kier alpha value is -1.56. The molecule has 0 unspecified atom stereocenters. The molecule has 1 aromatic heterocycles. The molecule has 3 atom stereocenters. The topological polar surface area (TPSA) is 48.7 Å². The van der Waals surface area contributed by atoms with Crippen LogP contribution in [0.4, 0.5) is 5.82 Å². The van der Waals surface area contributed by atoms with Gasteiger partial charge in [0.25, 0.3) is 0 Å². The number of nitrogens with zero attached hydrogens (tertiary/aromatic N) is 2. The molecule has 2 bridgehead atoms. The summed E-state index contributed by atoms with van der Waals surface area (Å²) in [6.45, 7) is 0. The molecule has 2 saturated carbocycles. The molecule has 3 heteroatoms. The van der Waals surface area contributed by atoms with Crippen molar-refractivity contribution in [3.63, 3.8) is 0 Å². The first-order valence-corrected chi connectivity index (χ1v) is 7.52. The fourth-order valence-electron chi connectivity index (χ4n) is 4.41. The summed E-state index contributed by atoms with van der Waals surface area (Å²) in [6, 6.07) is 2.91. The standard InChI is InChI=1S/C16H19N3/c17-8-12-9-18-16(14-3-1-2-13(12)14)19-15-7-10-4-5-11(15)6-10/h9-11,15H,1-7H2,(H,18,19)/t10-,11+,15+/m0/s1. The second-order valence-corrected chi connectivity index (χ2v) is 6.37. The second-order valence-electron chi connectivity index (χ2n) is 6.37. The first kappa shape index (κ1) is 11.3. The van der Waals surface area contributed by atoms with Gasteiger partial charge in [0.15, 0.2) is 0 Å². The highest BCUT2D eigenvalue weighted by molar-refractivity contribution is 5.56. The number of nitrogens with one attached hydrogen (secondary N) is 1. The Kier molecular flexibility index (Phi) is 2.51. The third-order valence-corrected chi connectivity index (χ3v) is 5.33. The minimum Gasteiger partial charge on any atom is -0.367 e. The lowest BCUT2D eigenvalue weighted by Gasteiger charge is -2.24. The first-order valence-electron chi connectivity index (χ1n) is 7.52. The Balaban J connectivity index is 1.62. The van der Waals surface area contributed by atoms with Gasteiger partial charge in [-0.2, -0.15) is 5.26 Å².